The van der Waals surface area contributed by atoms with E-state index in [-0.39, 0.29) is 5.60 Å². The van der Waals surface area contributed by atoms with Gasteiger partial charge >= 0.3 is 0 Å². The van der Waals surface area contributed by atoms with Crippen LogP contribution in [0.15, 0.2) is 11.6 Å². The highest BCUT2D eigenvalue weighted by Crippen LogP contribution is 2.40. The van der Waals surface area contributed by atoms with Gasteiger partial charge in [0.15, 0.2) is 0 Å². The Hall–Kier alpha value is 0.0700. The lowest BCUT2D eigenvalue weighted by Crippen LogP contribution is -2.22. The maximum absolute atomic E-state index is 5.94. The Morgan fingerprint density at radius 2 is 2.69 bits per heavy atom. The van der Waals surface area contributed by atoms with Crippen molar-refractivity contribution in [2.24, 2.45) is 0 Å². The molecule has 1 aliphatic rings. The van der Waals surface area contributed by atoms with Crippen LogP contribution < -0.4 is 0 Å². The number of hydrogen-bond donors (Lipinski definition) is 0. The molecule has 0 bridgehead atoms. The minimum absolute atomic E-state index is 0.132. The zero-order chi connectivity index (χ0) is 9.31. The van der Waals surface area contributed by atoms with E-state index >= 15 is 0 Å². The fourth-order valence-electron chi connectivity index (χ4n) is 1.67. The summed E-state index contributed by atoms with van der Waals surface area (Å²) in [7, 11) is 0. The molecule has 1 aliphatic heterocycles. The van der Waals surface area contributed by atoms with Crippen molar-refractivity contribution in [1.82, 2.24) is 4.98 Å². The molecule has 2 heterocycles. The first-order valence-corrected chi connectivity index (χ1v) is 6.38. The predicted octanol–water partition coefficient (Wildman–Crippen LogP) is 2.93. The second-order valence-corrected chi connectivity index (χ2v) is 5.04. The molecule has 0 radical (unpaired) electrons. The van der Waals surface area contributed by atoms with Gasteiger partial charge in [0.25, 0.3) is 0 Å². The van der Waals surface area contributed by atoms with Gasteiger partial charge < -0.3 is 4.74 Å². The zero-order valence-corrected chi connectivity index (χ0v) is 9.90. The first kappa shape index (κ1) is 9.62. The summed E-state index contributed by atoms with van der Waals surface area (Å²) in [4.78, 5) is 4.32. The maximum atomic E-state index is 5.94. The summed E-state index contributed by atoms with van der Waals surface area (Å²) < 4.78 is 5.94. The highest BCUT2D eigenvalue weighted by molar-refractivity contribution is 9.09. The van der Waals surface area contributed by atoms with E-state index < -0.39 is 0 Å². The van der Waals surface area contributed by atoms with Crippen LogP contribution in [0.1, 0.15) is 24.8 Å². The van der Waals surface area contributed by atoms with Gasteiger partial charge in [-0.1, -0.05) is 15.9 Å². The topological polar surface area (TPSA) is 22.1 Å². The highest BCUT2D eigenvalue weighted by atomic mass is 79.9. The van der Waals surface area contributed by atoms with Crippen molar-refractivity contribution in [3.05, 3.63) is 16.6 Å². The fourth-order valence-corrected chi connectivity index (χ4v) is 2.90. The molecule has 2 nitrogen and oxygen atoms in total. The van der Waals surface area contributed by atoms with Crippen LogP contribution in [0.3, 0.4) is 0 Å². The average molecular weight is 262 g/mol. The molecule has 1 aromatic rings. The lowest BCUT2D eigenvalue weighted by atomic mass is 10.0. The number of hydrogen-bond acceptors (Lipinski definition) is 3. The predicted molar refractivity (Wildman–Crippen MR) is 57.4 cm³/mol. The first-order valence-electron chi connectivity index (χ1n) is 4.38. The summed E-state index contributed by atoms with van der Waals surface area (Å²) in [6.07, 6.45) is 4.41. The number of aromatic nitrogens is 1. The zero-order valence-electron chi connectivity index (χ0n) is 7.50. The molecule has 1 fully saturated rings. The van der Waals surface area contributed by atoms with E-state index in [4.69, 9.17) is 4.74 Å². The quantitative estimate of drug-likeness (QED) is 0.764. The largest absolute Gasteiger partial charge is 0.364 e. The van der Waals surface area contributed by atoms with Crippen LogP contribution >= 0.6 is 27.3 Å². The van der Waals surface area contributed by atoms with E-state index in [2.05, 4.69) is 27.8 Å². The van der Waals surface area contributed by atoms with Gasteiger partial charge in [0.2, 0.25) is 0 Å². The van der Waals surface area contributed by atoms with E-state index in [1.54, 1.807) is 11.3 Å². The molecule has 0 N–H and O–H groups in total. The van der Waals surface area contributed by atoms with Gasteiger partial charge in [0, 0.05) is 16.9 Å². The summed E-state index contributed by atoms with van der Waals surface area (Å²) in [6, 6.07) is 0. The molecule has 2 rings (SSSR count). The summed E-state index contributed by atoms with van der Waals surface area (Å²) >= 11 is 5.13. The molecule has 2 unspecified atom stereocenters. The van der Waals surface area contributed by atoms with Gasteiger partial charge in [-0.3, -0.25) is 0 Å². The molecule has 2 atom stereocenters. The molecular weight excluding hydrogens is 250 g/mol. The molecule has 72 valence electrons. The Morgan fingerprint density at radius 1 is 1.85 bits per heavy atom. The van der Waals surface area contributed by atoms with Crippen LogP contribution in [0.2, 0.25) is 0 Å². The molecule has 0 aliphatic carbocycles. The van der Waals surface area contributed by atoms with Crippen LogP contribution in [0.25, 0.3) is 0 Å². The third-order valence-corrected chi connectivity index (χ3v) is 4.17. The maximum Gasteiger partial charge on any atom is 0.124 e. The van der Waals surface area contributed by atoms with E-state index in [9.17, 15) is 0 Å². The van der Waals surface area contributed by atoms with Crippen molar-refractivity contribution in [2.75, 3.05) is 5.33 Å². The van der Waals surface area contributed by atoms with Crippen molar-refractivity contribution in [1.29, 1.82) is 0 Å². The summed E-state index contributed by atoms with van der Waals surface area (Å²) in [5.41, 5.74) is -0.132. The Morgan fingerprint density at radius 3 is 3.23 bits per heavy atom. The van der Waals surface area contributed by atoms with Gasteiger partial charge in [-0.05, 0) is 19.8 Å². The lowest BCUT2D eigenvalue weighted by molar-refractivity contribution is -0.0222. The molecule has 1 aromatic heterocycles. The number of rotatable bonds is 2. The molecule has 0 spiro atoms. The van der Waals surface area contributed by atoms with E-state index in [1.165, 1.54) is 0 Å². The first-order chi connectivity index (χ1) is 6.24. The number of nitrogens with zero attached hydrogens (tertiary/aromatic N) is 1. The SMILES string of the molecule is CC1(c2nccs2)CCC(CBr)O1. The van der Waals surface area contributed by atoms with E-state index in [0.717, 1.165) is 23.2 Å². The minimum atomic E-state index is -0.132. The standard InChI is InChI=1S/C9H12BrNOS/c1-9(8-11-4-5-13-8)3-2-7(6-10)12-9/h4-5,7H,2-3,6H2,1H3. The second kappa shape index (κ2) is 3.67. The molecule has 0 aromatic carbocycles. The Bertz CT molecular complexity index is 277. The van der Waals surface area contributed by atoms with Gasteiger partial charge in [-0.15, -0.1) is 11.3 Å². The number of alkyl halides is 1. The third kappa shape index (κ3) is 1.80. The van der Waals surface area contributed by atoms with Crippen LogP contribution in [-0.4, -0.2) is 16.4 Å². The Balaban J connectivity index is 2.15. The number of halogens is 1. The molecule has 1 saturated heterocycles. The van der Waals surface area contributed by atoms with E-state index in [1.807, 2.05) is 11.6 Å². The smallest absolute Gasteiger partial charge is 0.124 e. The fraction of sp³-hybridized carbons (Fsp3) is 0.667. The Kier molecular flexibility index (Phi) is 2.72. The number of ether oxygens (including phenoxy) is 1. The van der Waals surface area contributed by atoms with Crippen molar-refractivity contribution in [3.63, 3.8) is 0 Å². The summed E-state index contributed by atoms with van der Waals surface area (Å²) in [6.45, 7) is 2.13. The monoisotopic (exact) mass is 261 g/mol. The van der Waals surface area contributed by atoms with E-state index in [0.29, 0.717) is 6.10 Å². The average Bonchev–Trinajstić information content (AvgIpc) is 2.72. The molecular formula is C9H12BrNOS. The van der Waals surface area contributed by atoms with Gasteiger partial charge in [0.1, 0.15) is 10.6 Å². The van der Waals surface area contributed by atoms with Crippen LogP contribution in [0.4, 0.5) is 0 Å². The van der Waals surface area contributed by atoms with Crippen molar-refractivity contribution < 1.29 is 4.74 Å². The summed E-state index contributed by atoms with van der Waals surface area (Å²) in [5, 5.41) is 4.04. The van der Waals surface area contributed by atoms with Crippen LogP contribution in [-0.2, 0) is 10.3 Å². The molecule has 13 heavy (non-hydrogen) atoms. The number of thiazole rings is 1. The van der Waals surface area contributed by atoms with Gasteiger partial charge in [-0.2, -0.15) is 0 Å². The molecule has 0 amide bonds. The van der Waals surface area contributed by atoms with Crippen molar-refractivity contribution >= 4 is 27.3 Å². The third-order valence-electron chi connectivity index (χ3n) is 2.43. The van der Waals surface area contributed by atoms with Gasteiger partial charge in [-0.25, -0.2) is 4.98 Å². The lowest BCUT2D eigenvalue weighted by Gasteiger charge is -2.21. The normalized spacial score (nSPS) is 33.8. The van der Waals surface area contributed by atoms with Crippen LogP contribution in [0.5, 0.6) is 0 Å². The van der Waals surface area contributed by atoms with Gasteiger partial charge in [0.05, 0.1) is 6.10 Å². The molecule has 0 saturated carbocycles. The van der Waals surface area contributed by atoms with Crippen LogP contribution in [0, 0.1) is 0 Å². The second-order valence-electron chi connectivity index (χ2n) is 3.50. The summed E-state index contributed by atoms with van der Waals surface area (Å²) in [5.74, 6) is 0. The minimum Gasteiger partial charge on any atom is -0.364 e. The highest BCUT2D eigenvalue weighted by Gasteiger charge is 2.38. The Labute approximate surface area is 90.5 Å². The van der Waals surface area contributed by atoms with Crippen molar-refractivity contribution in [2.45, 2.75) is 31.5 Å². The van der Waals surface area contributed by atoms with Crippen molar-refractivity contribution in [3.8, 4) is 0 Å². The molecule has 4 heteroatoms.